The molecular formula is C53H75FN10O13P2S. The number of anilines is 1. The number of ketones is 2. The second-order valence-electron chi connectivity index (χ2n) is 21.3. The fourth-order valence-electron chi connectivity index (χ4n) is 10.2. The number of alkyl halides is 1. The number of imidazole rings is 2. The minimum Gasteiger partial charge on any atom is -0.382 e. The Hall–Kier alpha value is -4.81. The predicted octanol–water partition coefficient (Wildman–Crippen LogP) is 9.35. The van der Waals surface area contributed by atoms with Crippen LogP contribution in [0.3, 0.4) is 0 Å². The lowest BCUT2D eigenvalue weighted by atomic mass is 9.88. The molecule has 1 amide bonds. The SMILES string of the molecule is CCCCCCCCCCCCCCCC(=O)C[C@H](C(=O)N[C@@H](C)C(=O)Cc1ccc(CSP2(=O)OC[C@H]3O[C@@H](n4cnc5c(N)ncnc54)[C@H](F)[C@@H]3OP(=O)(O)OC[C@H]3O[C@@H](n4cnc5c(=O)[nH]cnc54)C[C@@H]3O2)cc1)C(C)C. The second-order valence-corrected chi connectivity index (χ2v) is 26.7. The molecule has 3 saturated heterocycles. The maximum absolute atomic E-state index is 16.6. The minimum atomic E-state index is -5.10. The highest BCUT2D eigenvalue weighted by Crippen LogP contribution is 2.64. The normalized spacial score (nSPS) is 26.2. The third-order valence-electron chi connectivity index (χ3n) is 14.9. The Morgan fingerprint density at radius 1 is 0.812 bits per heavy atom. The number of nitrogens with zero attached hydrogens (tertiary/aromatic N) is 7. The molecule has 1 aromatic carbocycles. The molecule has 80 heavy (non-hydrogen) atoms. The third kappa shape index (κ3) is 16.0. The van der Waals surface area contributed by atoms with Crippen LogP contribution < -0.4 is 16.6 Å². The maximum Gasteiger partial charge on any atom is 0.472 e. The van der Waals surface area contributed by atoms with E-state index in [0.29, 0.717) is 17.5 Å². The van der Waals surface area contributed by atoms with Crippen LogP contribution in [0, 0.1) is 11.8 Å². The lowest BCUT2D eigenvalue weighted by Crippen LogP contribution is -2.44. The van der Waals surface area contributed by atoms with E-state index in [1.807, 2.05) is 13.8 Å². The van der Waals surface area contributed by atoms with E-state index in [-0.39, 0.29) is 76.6 Å². The van der Waals surface area contributed by atoms with Crippen molar-refractivity contribution in [1.29, 1.82) is 0 Å². The van der Waals surface area contributed by atoms with Gasteiger partial charge in [0.25, 0.3) is 5.56 Å². The summed E-state index contributed by atoms with van der Waals surface area (Å²) in [5.74, 6) is -1.10. The molecule has 0 spiro atoms. The number of nitrogen functional groups attached to an aromatic ring is 1. The Bertz CT molecular complexity index is 3040. The third-order valence-corrected chi connectivity index (χ3v) is 19.6. The lowest BCUT2D eigenvalue weighted by Gasteiger charge is -2.28. The van der Waals surface area contributed by atoms with E-state index in [4.69, 9.17) is 33.3 Å². The maximum atomic E-state index is 16.6. The van der Waals surface area contributed by atoms with E-state index in [9.17, 15) is 28.6 Å². The molecule has 3 fully saturated rings. The van der Waals surface area contributed by atoms with Crippen molar-refractivity contribution in [3.63, 3.8) is 0 Å². The van der Waals surface area contributed by atoms with Gasteiger partial charge in [0.1, 0.15) is 48.3 Å². The van der Waals surface area contributed by atoms with Crippen LogP contribution in [0.25, 0.3) is 22.3 Å². The number of ether oxygens (including phenoxy) is 2. The van der Waals surface area contributed by atoms with E-state index in [2.05, 4.69) is 42.1 Å². The number of hydrogen-bond acceptors (Lipinski definition) is 19. The van der Waals surface area contributed by atoms with E-state index in [0.717, 1.165) is 37.0 Å². The lowest BCUT2D eigenvalue weighted by molar-refractivity contribution is -0.133. The van der Waals surface area contributed by atoms with Crippen molar-refractivity contribution < 1.29 is 60.4 Å². The van der Waals surface area contributed by atoms with E-state index >= 15 is 8.96 Å². The summed E-state index contributed by atoms with van der Waals surface area (Å²) in [7, 11) is -5.10. The van der Waals surface area contributed by atoms with Crippen molar-refractivity contribution in [2.45, 2.75) is 192 Å². The molecular weight excluding hydrogens is 1100 g/mol. The van der Waals surface area contributed by atoms with Crippen LogP contribution in [0.4, 0.5) is 10.2 Å². The molecule has 4 aromatic heterocycles. The zero-order valence-corrected chi connectivity index (χ0v) is 48.4. The van der Waals surface area contributed by atoms with Gasteiger partial charge in [0, 0.05) is 37.4 Å². The van der Waals surface area contributed by atoms with Gasteiger partial charge in [0.2, 0.25) is 5.91 Å². The topological polar surface area (TPSA) is 306 Å². The van der Waals surface area contributed by atoms with Gasteiger partial charge in [-0.25, -0.2) is 38.4 Å². The summed E-state index contributed by atoms with van der Waals surface area (Å²) in [5, 5.41) is 2.86. The van der Waals surface area contributed by atoms with E-state index in [1.54, 1.807) is 31.2 Å². The Balaban J connectivity index is 0.875. The van der Waals surface area contributed by atoms with Gasteiger partial charge < -0.3 is 30.4 Å². The standard InChI is InChI=1S/C53H75FN10O13P2S/c1-5-6-7-8-9-10-11-12-13-14-15-16-17-18-37(65)24-38(33(2)3)51(67)62-34(4)39(66)23-35-19-21-36(22-20-35)28-80-79(71)73-27-42-47(44(54)53(75-42)64-32-60-45-48(55)56-29-57-49(45)64)77-78(69,70)72-26-41-40(76-79)25-43(74-41)63-31-61-46-50(63)58-30-59-52(46)68/h19-22,29-34,38,40-44,47,53H,5-18,23-28H2,1-4H3,(H,62,67)(H,69,70)(H2,55,56,57)(H,58,59,68)/t34-,38-,40-,41+,42+,43+,44+,47+,53+,79?/m0/s1. The quantitative estimate of drug-likeness (QED) is 0.0281. The molecule has 11 atom stereocenters. The molecule has 0 aliphatic carbocycles. The molecule has 3 aliphatic heterocycles. The molecule has 27 heteroatoms. The number of carbonyl (C=O) groups is 3. The summed E-state index contributed by atoms with van der Waals surface area (Å²) in [6.07, 6.45) is 11.0. The number of amides is 1. The fourth-order valence-corrected chi connectivity index (χ4v) is 14.6. The first-order valence-corrected chi connectivity index (χ1v) is 32.5. The van der Waals surface area contributed by atoms with Gasteiger partial charge in [-0.2, -0.15) is 0 Å². The monoisotopic (exact) mass is 1170 g/mol. The number of nitrogens with one attached hydrogen (secondary N) is 2. The fraction of sp³-hybridized carbons (Fsp3) is 0.642. The van der Waals surface area contributed by atoms with Gasteiger partial charge in [0.05, 0.1) is 38.2 Å². The Kier molecular flexibility index (Phi) is 21.8. The Labute approximate surface area is 468 Å². The number of aromatic nitrogens is 8. The van der Waals surface area contributed by atoms with Crippen LogP contribution in [0.2, 0.25) is 0 Å². The Morgan fingerprint density at radius 3 is 2.15 bits per heavy atom. The molecule has 2 unspecified atom stereocenters. The van der Waals surface area contributed by atoms with Crippen molar-refractivity contribution in [1.82, 2.24) is 44.4 Å². The summed E-state index contributed by atoms with van der Waals surface area (Å²) < 4.78 is 83.6. The number of fused-ring (bicyclic) bond motifs is 4. The number of nitrogens with two attached hydrogens (primary N) is 1. The number of aromatic amines is 1. The van der Waals surface area contributed by atoms with Gasteiger partial charge in [0.15, 0.2) is 40.8 Å². The molecule has 0 saturated carbocycles. The number of rotatable bonds is 27. The van der Waals surface area contributed by atoms with Crippen LogP contribution in [-0.2, 0) is 63.3 Å². The smallest absolute Gasteiger partial charge is 0.382 e. The highest BCUT2D eigenvalue weighted by atomic mass is 32.7. The van der Waals surface area contributed by atoms with Gasteiger partial charge in [-0.05, 0) is 41.8 Å². The van der Waals surface area contributed by atoms with Gasteiger partial charge in [-0.15, -0.1) is 0 Å². The van der Waals surface area contributed by atoms with E-state index in [1.165, 1.54) is 92.3 Å². The summed E-state index contributed by atoms with van der Waals surface area (Å²) >= 11 is 0.804. The van der Waals surface area contributed by atoms with Gasteiger partial charge in [-0.1, -0.05) is 122 Å². The number of phosphoric acid groups is 1. The van der Waals surface area contributed by atoms with Crippen molar-refractivity contribution in [3.05, 3.63) is 71.1 Å². The number of H-pyrrole nitrogens is 1. The number of carbonyl (C=O) groups excluding carboxylic acids is 3. The zero-order chi connectivity index (χ0) is 57.0. The highest BCUT2D eigenvalue weighted by molar-refractivity contribution is 8.54. The average molecular weight is 1170 g/mol. The van der Waals surface area contributed by atoms with Crippen LogP contribution >= 0.6 is 26.0 Å². The van der Waals surface area contributed by atoms with Crippen LogP contribution in [0.1, 0.15) is 154 Å². The largest absolute Gasteiger partial charge is 0.472 e. The van der Waals surface area contributed by atoms with E-state index < -0.39 is 88.4 Å². The van der Waals surface area contributed by atoms with Crippen LogP contribution in [0.15, 0.2) is 54.4 Å². The minimum absolute atomic E-state index is 0.00345. The first-order valence-electron chi connectivity index (χ1n) is 27.9. The summed E-state index contributed by atoms with van der Waals surface area (Å²) in [5.41, 5.74) is 7.23. The first kappa shape index (κ1) is 61.3. The molecule has 0 bridgehead atoms. The number of Topliss-reactive ketones (excluding diaryl/α,β-unsaturated/α-hetero) is 2. The summed E-state index contributed by atoms with van der Waals surface area (Å²) in [6, 6.07) is 6.16. The molecule has 3 aliphatic rings. The van der Waals surface area contributed by atoms with Gasteiger partial charge >= 0.3 is 14.6 Å². The van der Waals surface area contributed by atoms with Crippen LogP contribution in [-0.4, -0.2) is 111 Å². The zero-order valence-electron chi connectivity index (χ0n) is 45.8. The molecule has 8 rings (SSSR count). The van der Waals surface area contributed by atoms with Crippen LogP contribution in [0.5, 0.6) is 0 Å². The molecule has 5 aromatic rings. The summed E-state index contributed by atoms with van der Waals surface area (Å²) in [4.78, 5) is 86.7. The van der Waals surface area contributed by atoms with Crippen molar-refractivity contribution >= 4 is 71.6 Å². The van der Waals surface area contributed by atoms with Crippen molar-refractivity contribution in [2.75, 3.05) is 18.9 Å². The first-order chi connectivity index (χ1) is 38.4. The highest BCUT2D eigenvalue weighted by Gasteiger charge is 2.53. The second kappa shape index (κ2) is 28.5. The van der Waals surface area contributed by atoms with Crippen molar-refractivity contribution in [3.8, 4) is 0 Å². The summed E-state index contributed by atoms with van der Waals surface area (Å²) in [6.45, 7) is 1.99. The predicted molar refractivity (Wildman–Crippen MR) is 297 cm³/mol. The number of unbranched alkanes of at least 4 members (excludes halogenated alkanes) is 12. The number of phosphoric ester groups is 1. The molecule has 5 N–H and O–H groups in total. The molecule has 438 valence electrons. The molecule has 7 heterocycles. The Morgan fingerprint density at radius 2 is 1.45 bits per heavy atom. The average Bonchev–Trinajstić information content (AvgIpc) is 4.27. The molecule has 23 nitrogen and oxygen atoms in total. The van der Waals surface area contributed by atoms with Gasteiger partial charge in [-0.3, -0.25) is 46.4 Å². The van der Waals surface area contributed by atoms with Crippen molar-refractivity contribution in [2.24, 2.45) is 11.8 Å². The number of halogens is 1. The number of hydrogen-bond donors (Lipinski definition) is 4. The molecule has 0 radical (unpaired) electrons. The number of benzene rings is 1.